The Bertz CT molecular complexity index is 921. The number of amides is 2. The van der Waals surface area contributed by atoms with E-state index in [0.29, 0.717) is 6.42 Å². The SMILES string of the molecule is CC1CS(=O)(=O)N(c2ccc(C(=O)NC3CCS(=O)(=O)C3)cc2)C1=O. The number of hydrogen-bond donors (Lipinski definition) is 1. The molecule has 0 aromatic heterocycles. The molecule has 2 aliphatic rings. The van der Waals surface area contributed by atoms with Gasteiger partial charge in [0.2, 0.25) is 15.9 Å². The summed E-state index contributed by atoms with van der Waals surface area (Å²) in [6, 6.07) is 5.21. The maximum Gasteiger partial charge on any atom is 0.251 e. The third kappa shape index (κ3) is 3.54. The Balaban J connectivity index is 1.74. The summed E-state index contributed by atoms with van der Waals surface area (Å²) in [7, 11) is -6.78. The molecule has 1 aromatic rings. The number of rotatable bonds is 3. The lowest BCUT2D eigenvalue weighted by atomic mass is 10.1. The normalized spacial score (nSPS) is 27.4. The molecule has 2 unspecified atom stereocenters. The van der Waals surface area contributed by atoms with Crippen LogP contribution in [0.15, 0.2) is 24.3 Å². The molecule has 2 atom stereocenters. The predicted molar refractivity (Wildman–Crippen MR) is 91.4 cm³/mol. The lowest BCUT2D eigenvalue weighted by molar-refractivity contribution is -0.119. The molecule has 3 rings (SSSR count). The van der Waals surface area contributed by atoms with Crippen LogP contribution in [0.3, 0.4) is 0 Å². The highest BCUT2D eigenvalue weighted by molar-refractivity contribution is 7.94. The van der Waals surface area contributed by atoms with Crippen molar-refractivity contribution in [3.8, 4) is 0 Å². The first-order chi connectivity index (χ1) is 11.6. The minimum atomic E-state index is -3.69. The second kappa shape index (κ2) is 6.10. The van der Waals surface area contributed by atoms with Gasteiger partial charge in [0.1, 0.15) is 0 Å². The third-order valence-corrected chi connectivity index (χ3v) is 7.93. The van der Waals surface area contributed by atoms with Crippen molar-refractivity contribution in [2.75, 3.05) is 21.6 Å². The summed E-state index contributed by atoms with van der Waals surface area (Å²) < 4.78 is 47.7. The average molecular weight is 386 g/mol. The van der Waals surface area contributed by atoms with Crippen molar-refractivity contribution >= 4 is 37.4 Å². The Morgan fingerprint density at radius 2 is 1.76 bits per heavy atom. The second-order valence-corrected chi connectivity index (χ2v) is 10.5. The van der Waals surface area contributed by atoms with Gasteiger partial charge < -0.3 is 5.32 Å². The van der Waals surface area contributed by atoms with Crippen molar-refractivity contribution in [1.82, 2.24) is 5.32 Å². The minimum absolute atomic E-state index is 0.0595. The first-order valence-corrected chi connectivity index (χ1v) is 11.2. The van der Waals surface area contributed by atoms with Crippen molar-refractivity contribution in [3.63, 3.8) is 0 Å². The molecule has 1 aromatic carbocycles. The van der Waals surface area contributed by atoms with Crippen LogP contribution in [0.4, 0.5) is 5.69 Å². The zero-order chi connectivity index (χ0) is 18.4. The maximum absolute atomic E-state index is 12.2. The number of benzene rings is 1. The van der Waals surface area contributed by atoms with Crippen LogP contribution in [-0.4, -0.2) is 52.0 Å². The number of carbonyl (C=O) groups is 2. The summed E-state index contributed by atoms with van der Waals surface area (Å²) in [5.41, 5.74) is 0.458. The lowest BCUT2D eigenvalue weighted by Gasteiger charge is -2.16. The van der Waals surface area contributed by atoms with Crippen LogP contribution in [0.25, 0.3) is 0 Å². The zero-order valence-corrected chi connectivity index (χ0v) is 15.1. The van der Waals surface area contributed by atoms with Crippen molar-refractivity contribution in [3.05, 3.63) is 29.8 Å². The highest BCUT2D eigenvalue weighted by Crippen LogP contribution is 2.28. The third-order valence-electron chi connectivity index (χ3n) is 4.29. The Hall–Kier alpha value is -1.94. The van der Waals surface area contributed by atoms with Gasteiger partial charge in [0.25, 0.3) is 5.91 Å². The van der Waals surface area contributed by atoms with E-state index in [4.69, 9.17) is 0 Å². The van der Waals surface area contributed by atoms with Crippen LogP contribution in [0.2, 0.25) is 0 Å². The molecule has 0 aliphatic carbocycles. The van der Waals surface area contributed by atoms with Gasteiger partial charge in [0, 0.05) is 11.6 Å². The molecule has 2 fully saturated rings. The van der Waals surface area contributed by atoms with Crippen LogP contribution in [0.5, 0.6) is 0 Å². The highest BCUT2D eigenvalue weighted by atomic mass is 32.2. The van der Waals surface area contributed by atoms with E-state index in [1.165, 1.54) is 24.3 Å². The quantitative estimate of drug-likeness (QED) is 0.776. The number of carbonyl (C=O) groups excluding carboxylic acids is 2. The number of nitrogens with one attached hydrogen (secondary N) is 1. The van der Waals surface area contributed by atoms with Crippen LogP contribution in [-0.2, 0) is 24.7 Å². The second-order valence-electron chi connectivity index (χ2n) is 6.40. The molecule has 1 N–H and O–H groups in total. The van der Waals surface area contributed by atoms with E-state index >= 15 is 0 Å². The number of sulfone groups is 1. The fourth-order valence-corrected chi connectivity index (χ4v) is 6.51. The molecule has 25 heavy (non-hydrogen) atoms. The van der Waals surface area contributed by atoms with E-state index in [0.717, 1.165) is 4.31 Å². The van der Waals surface area contributed by atoms with Gasteiger partial charge in [0.15, 0.2) is 9.84 Å². The Morgan fingerprint density at radius 3 is 2.24 bits per heavy atom. The van der Waals surface area contributed by atoms with Gasteiger partial charge in [-0.3, -0.25) is 9.59 Å². The van der Waals surface area contributed by atoms with Crippen molar-refractivity contribution < 1.29 is 26.4 Å². The molecular formula is C15H18N2O6S2. The first kappa shape index (κ1) is 17.9. The van der Waals surface area contributed by atoms with E-state index in [-0.39, 0.29) is 28.5 Å². The maximum atomic E-state index is 12.2. The van der Waals surface area contributed by atoms with Gasteiger partial charge in [-0.25, -0.2) is 21.1 Å². The number of hydrogen-bond acceptors (Lipinski definition) is 6. The molecule has 2 amide bonds. The molecule has 0 saturated carbocycles. The number of nitrogens with zero attached hydrogens (tertiary/aromatic N) is 1. The molecule has 10 heteroatoms. The van der Waals surface area contributed by atoms with Gasteiger partial charge in [-0.2, -0.15) is 0 Å². The summed E-state index contributed by atoms with van der Waals surface area (Å²) in [5, 5.41) is 2.65. The van der Waals surface area contributed by atoms with Gasteiger partial charge >= 0.3 is 0 Å². The van der Waals surface area contributed by atoms with E-state index in [1.807, 2.05) is 0 Å². The van der Waals surface area contributed by atoms with E-state index < -0.39 is 43.6 Å². The van der Waals surface area contributed by atoms with E-state index in [1.54, 1.807) is 6.92 Å². The Morgan fingerprint density at radius 1 is 1.12 bits per heavy atom. The minimum Gasteiger partial charge on any atom is -0.348 e. The molecular weight excluding hydrogens is 368 g/mol. The van der Waals surface area contributed by atoms with Crippen LogP contribution in [0, 0.1) is 5.92 Å². The summed E-state index contributed by atoms with van der Waals surface area (Å²) in [4.78, 5) is 24.2. The molecule has 2 aliphatic heterocycles. The topological polar surface area (TPSA) is 118 Å². The highest BCUT2D eigenvalue weighted by Gasteiger charge is 2.41. The predicted octanol–water partition coefficient (Wildman–Crippen LogP) is -0.0840. The summed E-state index contributed by atoms with van der Waals surface area (Å²) in [6.45, 7) is 1.55. The summed E-state index contributed by atoms with van der Waals surface area (Å²) >= 11 is 0. The van der Waals surface area contributed by atoms with Crippen molar-refractivity contribution in [2.24, 2.45) is 5.92 Å². The molecule has 2 saturated heterocycles. The fraction of sp³-hybridized carbons (Fsp3) is 0.467. The molecule has 8 nitrogen and oxygen atoms in total. The number of sulfonamides is 1. The van der Waals surface area contributed by atoms with Crippen molar-refractivity contribution in [2.45, 2.75) is 19.4 Å². The standard InChI is InChI=1S/C15H18N2O6S2/c1-10-8-25(22,23)17(15(10)19)13-4-2-11(3-5-13)14(18)16-12-6-7-24(20,21)9-12/h2-5,10,12H,6-9H2,1H3,(H,16,18). The van der Waals surface area contributed by atoms with Gasteiger partial charge in [-0.05, 0) is 30.7 Å². The first-order valence-electron chi connectivity index (χ1n) is 7.77. The van der Waals surface area contributed by atoms with Crippen LogP contribution in [0.1, 0.15) is 23.7 Å². The lowest BCUT2D eigenvalue weighted by Crippen LogP contribution is -2.35. The molecule has 0 bridgehead atoms. The fourth-order valence-electron chi connectivity index (χ4n) is 3.01. The monoisotopic (exact) mass is 386 g/mol. The molecule has 0 spiro atoms. The smallest absolute Gasteiger partial charge is 0.251 e. The van der Waals surface area contributed by atoms with Gasteiger partial charge in [-0.15, -0.1) is 0 Å². The van der Waals surface area contributed by atoms with Crippen LogP contribution >= 0.6 is 0 Å². The van der Waals surface area contributed by atoms with E-state index in [2.05, 4.69) is 5.32 Å². The van der Waals surface area contributed by atoms with Gasteiger partial charge in [-0.1, -0.05) is 6.92 Å². The Labute approximate surface area is 146 Å². The zero-order valence-electron chi connectivity index (χ0n) is 13.5. The summed E-state index contributed by atoms with van der Waals surface area (Å²) in [5.74, 6) is -1.77. The largest absolute Gasteiger partial charge is 0.348 e. The average Bonchev–Trinajstić information content (AvgIpc) is 2.95. The van der Waals surface area contributed by atoms with Gasteiger partial charge in [0.05, 0.1) is 28.9 Å². The molecule has 2 heterocycles. The van der Waals surface area contributed by atoms with E-state index in [9.17, 15) is 26.4 Å². The summed E-state index contributed by atoms with van der Waals surface area (Å²) in [6.07, 6.45) is 0.380. The van der Waals surface area contributed by atoms with Crippen molar-refractivity contribution in [1.29, 1.82) is 0 Å². The Kier molecular flexibility index (Phi) is 4.36. The number of anilines is 1. The molecule has 136 valence electrons. The van der Waals surface area contributed by atoms with Crippen LogP contribution < -0.4 is 9.62 Å². The molecule has 0 radical (unpaired) electrons.